The molecule has 0 aromatic heterocycles. The maximum Gasteiger partial charge on any atom is 0.246 e. The molecule has 6 nitrogen and oxygen atoms in total. The highest BCUT2D eigenvalue weighted by atomic mass is 35.5. The molecule has 2 aliphatic rings. The van der Waals surface area contributed by atoms with Crippen LogP contribution in [-0.4, -0.2) is 36.6 Å². The summed E-state index contributed by atoms with van der Waals surface area (Å²) in [5.41, 5.74) is 1.85. The number of halogens is 1. The molecule has 2 aliphatic heterocycles. The minimum atomic E-state index is -0.0769. The molecule has 0 bridgehead atoms. The van der Waals surface area contributed by atoms with Crippen LogP contribution < -0.4 is 14.8 Å². The van der Waals surface area contributed by atoms with E-state index in [4.69, 9.17) is 21.1 Å². The Labute approximate surface area is 180 Å². The summed E-state index contributed by atoms with van der Waals surface area (Å²) in [5, 5.41) is 3.45. The van der Waals surface area contributed by atoms with Gasteiger partial charge in [0.25, 0.3) is 0 Å². The minimum Gasteiger partial charge on any atom is -0.454 e. The van der Waals surface area contributed by atoms with Crippen molar-refractivity contribution in [2.45, 2.75) is 19.4 Å². The third kappa shape index (κ3) is 4.76. The van der Waals surface area contributed by atoms with Crippen LogP contribution in [0, 0.1) is 5.92 Å². The first kappa shape index (κ1) is 20.3. The van der Waals surface area contributed by atoms with Crippen molar-refractivity contribution in [3.8, 4) is 11.5 Å². The Balaban J connectivity index is 1.26. The second kappa shape index (κ2) is 9.22. The molecule has 0 atom stereocenters. The van der Waals surface area contributed by atoms with Gasteiger partial charge in [-0.05, 0) is 42.2 Å². The van der Waals surface area contributed by atoms with E-state index in [0.29, 0.717) is 49.0 Å². The Morgan fingerprint density at radius 3 is 2.67 bits per heavy atom. The van der Waals surface area contributed by atoms with E-state index in [2.05, 4.69) is 5.32 Å². The first-order valence-electron chi connectivity index (χ1n) is 9.98. The van der Waals surface area contributed by atoms with Gasteiger partial charge in [-0.15, -0.1) is 0 Å². The van der Waals surface area contributed by atoms with Crippen LogP contribution in [0.3, 0.4) is 0 Å². The number of rotatable bonds is 5. The SMILES string of the molecule is O=C(NCc1ccccc1)C1CCN(C(=O)/C=C/c2cc(Cl)c3c(c2)OCO3)CC1. The van der Waals surface area contributed by atoms with Crippen molar-refractivity contribution in [3.05, 3.63) is 64.7 Å². The van der Waals surface area contributed by atoms with Gasteiger partial charge in [-0.3, -0.25) is 9.59 Å². The van der Waals surface area contributed by atoms with E-state index >= 15 is 0 Å². The number of nitrogens with zero attached hydrogens (tertiary/aromatic N) is 1. The van der Waals surface area contributed by atoms with Crippen LogP contribution in [0.1, 0.15) is 24.0 Å². The molecule has 1 N–H and O–H groups in total. The van der Waals surface area contributed by atoms with Crippen LogP contribution in [-0.2, 0) is 16.1 Å². The van der Waals surface area contributed by atoms with Crippen molar-refractivity contribution in [3.63, 3.8) is 0 Å². The van der Waals surface area contributed by atoms with Crippen LogP contribution in [0.2, 0.25) is 5.02 Å². The molecule has 0 spiro atoms. The summed E-state index contributed by atoms with van der Waals surface area (Å²) in [6.45, 7) is 1.80. The number of piperidine rings is 1. The van der Waals surface area contributed by atoms with Crippen molar-refractivity contribution in [1.82, 2.24) is 10.2 Å². The average molecular weight is 427 g/mol. The van der Waals surface area contributed by atoms with E-state index in [9.17, 15) is 9.59 Å². The number of amides is 2. The number of carbonyl (C=O) groups is 2. The molecule has 2 aromatic carbocycles. The molecule has 0 unspecified atom stereocenters. The lowest BCUT2D eigenvalue weighted by Gasteiger charge is -2.30. The number of benzene rings is 2. The van der Waals surface area contributed by atoms with Gasteiger partial charge < -0.3 is 19.7 Å². The van der Waals surface area contributed by atoms with Crippen molar-refractivity contribution in [2.75, 3.05) is 19.9 Å². The number of likely N-dealkylation sites (tertiary alicyclic amines) is 1. The highest BCUT2D eigenvalue weighted by molar-refractivity contribution is 6.32. The molecular weight excluding hydrogens is 404 g/mol. The predicted molar refractivity (Wildman–Crippen MR) is 114 cm³/mol. The number of fused-ring (bicyclic) bond motifs is 1. The molecule has 0 radical (unpaired) electrons. The maximum atomic E-state index is 12.5. The Kier molecular flexibility index (Phi) is 6.23. The Morgan fingerprint density at radius 2 is 1.90 bits per heavy atom. The quantitative estimate of drug-likeness (QED) is 0.741. The predicted octanol–water partition coefficient (Wildman–Crippen LogP) is 3.64. The number of hydrogen-bond acceptors (Lipinski definition) is 4. The third-order valence-electron chi connectivity index (χ3n) is 5.35. The first-order chi connectivity index (χ1) is 14.6. The van der Waals surface area contributed by atoms with E-state index in [1.54, 1.807) is 23.1 Å². The molecule has 30 heavy (non-hydrogen) atoms. The second-order valence-electron chi connectivity index (χ2n) is 7.37. The molecule has 2 aromatic rings. The summed E-state index contributed by atoms with van der Waals surface area (Å²) in [6.07, 6.45) is 4.57. The monoisotopic (exact) mass is 426 g/mol. The fraction of sp³-hybridized carbons (Fsp3) is 0.304. The molecule has 2 heterocycles. The Morgan fingerprint density at radius 1 is 1.13 bits per heavy atom. The summed E-state index contributed by atoms with van der Waals surface area (Å²) < 4.78 is 10.6. The van der Waals surface area contributed by atoms with E-state index in [-0.39, 0.29) is 24.5 Å². The van der Waals surface area contributed by atoms with Crippen LogP contribution in [0.15, 0.2) is 48.5 Å². The van der Waals surface area contributed by atoms with Crippen molar-refractivity contribution >= 4 is 29.5 Å². The molecule has 0 saturated carbocycles. The molecule has 7 heteroatoms. The zero-order valence-corrected chi connectivity index (χ0v) is 17.2. The number of nitrogens with one attached hydrogen (secondary N) is 1. The van der Waals surface area contributed by atoms with Crippen molar-refractivity contribution in [1.29, 1.82) is 0 Å². The zero-order chi connectivity index (χ0) is 20.9. The van der Waals surface area contributed by atoms with Gasteiger partial charge in [0.2, 0.25) is 18.6 Å². The van der Waals surface area contributed by atoms with Crippen LogP contribution in [0.25, 0.3) is 6.08 Å². The van der Waals surface area contributed by atoms with Gasteiger partial charge in [-0.2, -0.15) is 0 Å². The molecule has 1 saturated heterocycles. The topological polar surface area (TPSA) is 67.9 Å². The summed E-state index contributed by atoms with van der Waals surface area (Å²) >= 11 is 6.18. The number of hydrogen-bond donors (Lipinski definition) is 1. The third-order valence-corrected chi connectivity index (χ3v) is 5.64. The lowest BCUT2D eigenvalue weighted by atomic mass is 9.95. The van der Waals surface area contributed by atoms with Gasteiger partial charge in [0.15, 0.2) is 11.5 Å². The van der Waals surface area contributed by atoms with Crippen molar-refractivity contribution < 1.29 is 19.1 Å². The van der Waals surface area contributed by atoms with Crippen LogP contribution >= 0.6 is 11.6 Å². The second-order valence-corrected chi connectivity index (χ2v) is 7.78. The van der Waals surface area contributed by atoms with Gasteiger partial charge in [-0.25, -0.2) is 0 Å². The first-order valence-corrected chi connectivity index (χ1v) is 10.4. The maximum absolute atomic E-state index is 12.5. The molecule has 4 rings (SSSR count). The van der Waals surface area contributed by atoms with Crippen LogP contribution in [0.4, 0.5) is 0 Å². The summed E-state index contributed by atoms with van der Waals surface area (Å²) in [4.78, 5) is 26.7. The molecule has 0 aliphatic carbocycles. The van der Waals surface area contributed by atoms with Gasteiger partial charge >= 0.3 is 0 Å². The highest BCUT2D eigenvalue weighted by Gasteiger charge is 2.26. The van der Waals surface area contributed by atoms with Crippen molar-refractivity contribution in [2.24, 2.45) is 5.92 Å². The van der Waals surface area contributed by atoms with Gasteiger partial charge in [0.1, 0.15) is 0 Å². The molecule has 156 valence electrons. The van der Waals surface area contributed by atoms with E-state index in [1.165, 1.54) is 6.08 Å². The minimum absolute atomic E-state index is 0.0523. The summed E-state index contributed by atoms with van der Waals surface area (Å²) in [5.74, 6) is 1.03. The fourth-order valence-electron chi connectivity index (χ4n) is 3.65. The largest absolute Gasteiger partial charge is 0.454 e. The Bertz CT molecular complexity index is 953. The van der Waals surface area contributed by atoms with E-state index in [0.717, 1.165) is 11.1 Å². The van der Waals surface area contributed by atoms with Gasteiger partial charge in [-0.1, -0.05) is 41.9 Å². The number of ether oxygens (including phenoxy) is 2. The average Bonchev–Trinajstić information content (AvgIpc) is 3.26. The van der Waals surface area contributed by atoms with Gasteiger partial charge in [0.05, 0.1) is 5.02 Å². The molecule has 1 fully saturated rings. The smallest absolute Gasteiger partial charge is 0.246 e. The summed E-state index contributed by atoms with van der Waals surface area (Å²) in [6, 6.07) is 13.4. The lowest BCUT2D eigenvalue weighted by molar-refractivity contribution is -0.132. The van der Waals surface area contributed by atoms with Gasteiger partial charge in [0, 0.05) is 31.6 Å². The summed E-state index contributed by atoms with van der Waals surface area (Å²) in [7, 11) is 0. The normalized spacial score (nSPS) is 16.1. The number of carbonyl (C=O) groups excluding carboxylic acids is 2. The standard InChI is InChI=1S/C23H23ClN2O4/c24-19-12-17(13-20-22(19)30-15-29-20)6-7-21(27)26-10-8-18(9-11-26)23(28)25-14-16-4-2-1-3-5-16/h1-7,12-13,18H,8-11,14-15H2,(H,25,28)/b7-6+. The fourth-order valence-corrected chi connectivity index (χ4v) is 3.92. The van der Waals surface area contributed by atoms with E-state index in [1.807, 2.05) is 30.3 Å². The Hall–Kier alpha value is -2.99. The highest BCUT2D eigenvalue weighted by Crippen LogP contribution is 2.40. The van der Waals surface area contributed by atoms with Crippen LogP contribution in [0.5, 0.6) is 11.5 Å². The zero-order valence-electron chi connectivity index (χ0n) is 16.5. The molecular formula is C23H23ClN2O4. The lowest BCUT2D eigenvalue weighted by Crippen LogP contribution is -2.42. The van der Waals surface area contributed by atoms with E-state index < -0.39 is 0 Å². The molecule has 2 amide bonds.